The van der Waals surface area contributed by atoms with Gasteiger partial charge in [-0.15, -0.1) is 11.3 Å². The summed E-state index contributed by atoms with van der Waals surface area (Å²) in [5, 5.41) is 0. The molecular weight excluding hydrogens is 342 g/mol. The van der Waals surface area contributed by atoms with Gasteiger partial charge in [0.2, 0.25) is 0 Å². The van der Waals surface area contributed by atoms with E-state index < -0.39 is 10.0 Å². The predicted molar refractivity (Wildman–Crippen MR) is 97.2 cm³/mol. The van der Waals surface area contributed by atoms with Crippen LogP contribution in [0.4, 0.5) is 0 Å². The predicted octanol–water partition coefficient (Wildman–Crippen LogP) is 3.84. The number of piperidine rings is 1. The maximum absolute atomic E-state index is 12.8. The third-order valence-electron chi connectivity index (χ3n) is 4.36. The largest absolute Gasteiger partial charge is 0.493 e. The van der Waals surface area contributed by atoms with Crippen LogP contribution >= 0.6 is 11.3 Å². The quantitative estimate of drug-likeness (QED) is 0.809. The summed E-state index contributed by atoms with van der Waals surface area (Å²) in [7, 11) is -3.37. The second-order valence-corrected chi connectivity index (χ2v) is 9.77. The van der Waals surface area contributed by atoms with E-state index in [1.165, 1.54) is 11.3 Å². The molecule has 1 unspecified atom stereocenters. The second-order valence-electron chi connectivity index (χ2n) is 6.31. The number of para-hydroxylation sites is 1. The average molecular weight is 366 g/mol. The van der Waals surface area contributed by atoms with E-state index in [1.807, 2.05) is 44.2 Å². The lowest BCUT2D eigenvalue weighted by atomic mass is 10.0. The Morgan fingerprint density at radius 3 is 2.71 bits per heavy atom. The summed E-state index contributed by atoms with van der Waals surface area (Å²) in [4.78, 5) is 1.02. The first-order valence-corrected chi connectivity index (χ1v) is 10.5. The van der Waals surface area contributed by atoms with Gasteiger partial charge in [-0.05, 0) is 50.5 Å². The number of ether oxygens (including phenoxy) is 1. The van der Waals surface area contributed by atoms with Crippen molar-refractivity contribution in [1.82, 2.24) is 4.31 Å². The molecule has 0 saturated carbocycles. The highest BCUT2D eigenvalue weighted by atomic mass is 32.2. The molecule has 1 aromatic carbocycles. The van der Waals surface area contributed by atoms with Crippen LogP contribution < -0.4 is 4.74 Å². The minimum atomic E-state index is -3.37. The lowest BCUT2D eigenvalue weighted by molar-refractivity contribution is 0.180. The number of hydrogen-bond donors (Lipinski definition) is 0. The van der Waals surface area contributed by atoms with Gasteiger partial charge in [-0.3, -0.25) is 0 Å². The molecule has 2 heterocycles. The first-order valence-electron chi connectivity index (χ1n) is 8.22. The van der Waals surface area contributed by atoms with Crippen LogP contribution in [-0.4, -0.2) is 32.4 Å². The molecule has 3 rings (SSSR count). The molecule has 1 saturated heterocycles. The molecule has 1 atom stereocenters. The van der Waals surface area contributed by atoms with Crippen molar-refractivity contribution in [3.05, 3.63) is 46.8 Å². The maximum atomic E-state index is 12.8. The molecule has 0 amide bonds. The maximum Gasteiger partial charge on any atom is 0.252 e. The van der Waals surface area contributed by atoms with E-state index in [-0.39, 0.29) is 5.92 Å². The first-order chi connectivity index (χ1) is 11.5. The van der Waals surface area contributed by atoms with Gasteiger partial charge in [0.05, 0.1) is 6.61 Å². The smallest absolute Gasteiger partial charge is 0.252 e. The summed E-state index contributed by atoms with van der Waals surface area (Å²) in [5.41, 5.74) is 1.10. The van der Waals surface area contributed by atoms with Crippen LogP contribution in [0.2, 0.25) is 0 Å². The van der Waals surface area contributed by atoms with Crippen molar-refractivity contribution in [3.8, 4) is 5.75 Å². The van der Waals surface area contributed by atoms with E-state index in [0.717, 1.165) is 29.0 Å². The molecule has 2 aromatic rings. The Kier molecular flexibility index (Phi) is 5.27. The Morgan fingerprint density at radius 2 is 2.00 bits per heavy atom. The van der Waals surface area contributed by atoms with Crippen LogP contribution in [0, 0.1) is 19.8 Å². The fourth-order valence-corrected chi connectivity index (χ4v) is 5.98. The highest BCUT2D eigenvalue weighted by Gasteiger charge is 2.31. The van der Waals surface area contributed by atoms with Crippen LogP contribution in [0.5, 0.6) is 5.75 Å². The zero-order chi connectivity index (χ0) is 17.2. The van der Waals surface area contributed by atoms with E-state index in [9.17, 15) is 8.42 Å². The third kappa shape index (κ3) is 3.82. The average Bonchev–Trinajstić information content (AvgIpc) is 3.02. The van der Waals surface area contributed by atoms with Crippen molar-refractivity contribution in [3.63, 3.8) is 0 Å². The highest BCUT2D eigenvalue weighted by molar-refractivity contribution is 7.91. The van der Waals surface area contributed by atoms with Crippen LogP contribution in [0.3, 0.4) is 0 Å². The molecule has 1 aromatic heterocycles. The van der Waals surface area contributed by atoms with Crippen LogP contribution in [0.1, 0.15) is 23.3 Å². The Labute approximate surface area is 148 Å². The zero-order valence-electron chi connectivity index (χ0n) is 14.1. The normalized spacial score (nSPS) is 19.3. The van der Waals surface area contributed by atoms with Crippen molar-refractivity contribution in [2.75, 3.05) is 19.7 Å². The molecule has 0 bridgehead atoms. The van der Waals surface area contributed by atoms with Gasteiger partial charge >= 0.3 is 0 Å². The van der Waals surface area contributed by atoms with E-state index in [0.29, 0.717) is 23.9 Å². The SMILES string of the molecule is Cc1ccc(S(=O)(=O)N2CCCC(COc3ccccc3C)C2)s1. The fourth-order valence-electron chi connectivity index (χ4n) is 2.99. The topological polar surface area (TPSA) is 46.6 Å². The van der Waals surface area contributed by atoms with Gasteiger partial charge in [-0.25, -0.2) is 8.42 Å². The number of thiophene rings is 1. The molecule has 130 valence electrons. The molecule has 0 spiro atoms. The number of hydrogen-bond acceptors (Lipinski definition) is 4. The summed E-state index contributed by atoms with van der Waals surface area (Å²) in [6, 6.07) is 11.5. The monoisotopic (exact) mass is 365 g/mol. The molecular formula is C18H23NO3S2. The van der Waals surface area contributed by atoms with Crippen molar-refractivity contribution in [2.24, 2.45) is 5.92 Å². The lowest BCUT2D eigenvalue weighted by Crippen LogP contribution is -2.41. The lowest BCUT2D eigenvalue weighted by Gasteiger charge is -2.31. The minimum Gasteiger partial charge on any atom is -0.493 e. The third-order valence-corrected chi connectivity index (χ3v) is 7.69. The van der Waals surface area contributed by atoms with Gasteiger partial charge in [-0.1, -0.05) is 18.2 Å². The van der Waals surface area contributed by atoms with Gasteiger partial charge < -0.3 is 4.74 Å². The van der Waals surface area contributed by atoms with Crippen molar-refractivity contribution in [2.45, 2.75) is 30.9 Å². The van der Waals surface area contributed by atoms with Crippen molar-refractivity contribution < 1.29 is 13.2 Å². The molecule has 6 heteroatoms. The Balaban J connectivity index is 1.65. The van der Waals surface area contributed by atoms with Crippen LogP contribution in [0.15, 0.2) is 40.6 Å². The number of nitrogens with zero attached hydrogens (tertiary/aromatic N) is 1. The second kappa shape index (κ2) is 7.25. The van der Waals surface area contributed by atoms with Crippen molar-refractivity contribution >= 4 is 21.4 Å². The molecule has 1 fully saturated rings. The molecule has 1 aliphatic rings. The van der Waals surface area contributed by atoms with E-state index in [2.05, 4.69) is 0 Å². The van der Waals surface area contributed by atoms with Crippen LogP contribution in [0.25, 0.3) is 0 Å². The van der Waals surface area contributed by atoms with Gasteiger partial charge in [0, 0.05) is 23.9 Å². The summed E-state index contributed by atoms with van der Waals surface area (Å²) < 4.78 is 33.5. The van der Waals surface area contributed by atoms with Crippen molar-refractivity contribution in [1.29, 1.82) is 0 Å². The molecule has 4 nitrogen and oxygen atoms in total. The Morgan fingerprint density at radius 1 is 1.21 bits per heavy atom. The Bertz CT molecular complexity index is 798. The highest BCUT2D eigenvalue weighted by Crippen LogP contribution is 2.28. The molecule has 0 aliphatic carbocycles. The van der Waals surface area contributed by atoms with E-state index >= 15 is 0 Å². The number of aryl methyl sites for hydroxylation is 2. The van der Waals surface area contributed by atoms with Gasteiger partial charge in [-0.2, -0.15) is 4.31 Å². The summed E-state index contributed by atoms with van der Waals surface area (Å²) in [6.45, 7) is 5.64. The summed E-state index contributed by atoms with van der Waals surface area (Å²) >= 11 is 1.34. The minimum absolute atomic E-state index is 0.231. The number of rotatable bonds is 5. The molecule has 0 radical (unpaired) electrons. The summed E-state index contributed by atoms with van der Waals surface area (Å²) in [5.74, 6) is 1.11. The first kappa shape index (κ1) is 17.5. The summed E-state index contributed by atoms with van der Waals surface area (Å²) in [6.07, 6.45) is 1.88. The van der Waals surface area contributed by atoms with E-state index in [4.69, 9.17) is 4.74 Å². The molecule has 1 aliphatic heterocycles. The zero-order valence-corrected chi connectivity index (χ0v) is 15.7. The van der Waals surface area contributed by atoms with Crippen LogP contribution in [-0.2, 0) is 10.0 Å². The number of sulfonamides is 1. The standard InChI is InChI=1S/C18H23NO3S2/c1-14-6-3-4-8-17(14)22-13-16-7-5-11-19(12-16)24(20,21)18-10-9-15(2)23-18/h3-4,6,8-10,16H,5,7,11-13H2,1-2H3. The van der Waals surface area contributed by atoms with Gasteiger partial charge in [0.25, 0.3) is 10.0 Å². The number of benzene rings is 1. The fraction of sp³-hybridized carbons (Fsp3) is 0.444. The van der Waals surface area contributed by atoms with Gasteiger partial charge in [0.15, 0.2) is 0 Å². The molecule has 0 N–H and O–H groups in total. The van der Waals surface area contributed by atoms with Gasteiger partial charge in [0.1, 0.15) is 9.96 Å². The molecule has 24 heavy (non-hydrogen) atoms. The Hall–Kier alpha value is -1.37. The van der Waals surface area contributed by atoms with E-state index in [1.54, 1.807) is 10.4 Å².